The SMILES string of the molecule is COc1cc(OC)nc(NC(=O)NS(=O)(=O)c2ccccc2C)n1. The molecule has 2 aromatic rings. The molecule has 9 nitrogen and oxygen atoms in total. The van der Waals surface area contributed by atoms with Crippen molar-refractivity contribution in [3.05, 3.63) is 35.9 Å². The highest BCUT2D eigenvalue weighted by atomic mass is 32.2. The largest absolute Gasteiger partial charge is 0.481 e. The van der Waals surface area contributed by atoms with E-state index in [0.717, 1.165) is 0 Å². The maximum Gasteiger partial charge on any atom is 0.335 e. The predicted octanol–water partition coefficient (Wildman–Crippen LogP) is 1.31. The Balaban J connectivity index is 2.18. The first-order chi connectivity index (χ1) is 11.4. The molecular formula is C14H16N4O5S. The van der Waals surface area contributed by atoms with E-state index in [1.807, 2.05) is 4.72 Å². The summed E-state index contributed by atoms with van der Waals surface area (Å²) in [7, 11) is -1.26. The van der Waals surface area contributed by atoms with Crippen molar-refractivity contribution in [1.29, 1.82) is 0 Å². The Kier molecular flexibility index (Phi) is 5.19. The molecule has 0 fully saturated rings. The third-order valence-electron chi connectivity index (χ3n) is 2.93. The average Bonchev–Trinajstić information content (AvgIpc) is 2.53. The van der Waals surface area contributed by atoms with E-state index in [9.17, 15) is 13.2 Å². The monoisotopic (exact) mass is 352 g/mol. The second-order valence-corrected chi connectivity index (χ2v) is 6.25. The number of urea groups is 1. The third-order valence-corrected chi connectivity index (χ3v) is 4.42. The Labute approximate surface area is 139 Å². The number of aromatic nitrogens is 2. The topological polar surface area (TPSA) is 120 Å². The van der Waals surface area contributed by atoms with Crippen LogP contribution in [0.5, 0.6) is 11.8 Å². The van der Waals surface area contributed by atoms with Crippen LogP contribution >= 0.6 is 0 Å². The lowest BCUT2D eigenvalue weighted by Gasteiger charge is -2.10. The van der Waals surface area contributed by atoms with Crippen LogP contribution in [0.1, 0.15) is 5.56 Å². The maximum atomic E-state index is 12.2. The summed E-state index contributed by atoms with van der Waals surface area (Å²) in [5, 5.41) is 2.23. The molecule has 0 radical (unpaired) electrons. The summed E-state index contributed by atoms with van der Waals surface area (Å²) >= 11 is 0. The molecule has 2 N–H and O–H groups in total. The number of methoxy groups -OCH3 is 2. The molecule has 0 unspecified atom stereocenters. The number of ether oxygens (including phenoxy) is 2. The number of anilines is 1. The third kappa shape index (κ3) is 4.10. The van der Waals surface area contributed by atoms with Crippen LogP contribution in [0, 0.1) is 6.92 Å². The van der Waals surface area contributed by atoms with E-state index >= 15 is 0 Å². The van der Waals surface area contributed by atoms with Crippen LogP contribution in [0.15, 0.2) is 35.2 Å². The zero-order valence-corrected chi connectivity index (χ0v) is 14.0. The highest BCUT2D eigenvalue weighted by molar-refractivity contribution is 7.90. The number of hydrogen-bond donors (Lipinski definition) is 2. The normalized spacial score (nSPS) is 10.8. The molecule has 0 aliphatic rings. The molecule has 0 spiro atoms. The molecule has 0 saturated heterocycles. The smallest absolute Gasteiger partial charge is 0.335 e. The minimum absolute atomic E-state index is 0.00397. The molecule has 0 aliphatic heterocycles. The number of nitrogens with zero attached hydrogens (tertiary/aromatic N) is 2. The van der Waals surface area contributed by atoms with Crippen LogP contribution in [0.2, 0.25) is 0 Å². The molecule has 0 aliphatic carbocycles. The van der Waals surface area contributed by atoms with E-state index in [1.54, 1.807) is 25.1 Å². The fraction of sp³-hybridized carbons (Fsp3) is 0.214. The van der Waals surface area contributed by atoms with Crippen LogP contribution in [-0.4, -0.2) is 38.6 Å². The molecule has 0 saturated carbocycles. The summed E-state index contributed by atoms with van der Waals surface area (Å²) in [6.45, 7) is 1.63. The van der Waals surface area contributed by atoms with Gasteiger partial charge in [0.25, 0.3) is 10.0 Å². The maximum absolute atomic E-state index is 12.2. The minimum Gasteiger partial charge on any atom is -0.481 e. The zero-order chi connectivity index (χ0) is 17.7. The van der Waals surface area contributed by atoms with Gasteiger partial charge in [0.05, 0.1) is 25.2 Å². The quantitative estimate of drug-likeness (QED) is 0.832. The highest BCUT2D eigenvalue weighted by Crippen LogP contribution is 2.18. The average molecular weight is 352 g/mol. The molecule has 24 heavy (non-hydrogen) atoms. The predicted molar refractivity (Wildman–Crippen MR) is 85.7 cm³/mol. The number of carbonyl (C=O) groups is 1. The van der Waals surface area contributed by atoms with E-state index in [1.165, 1.54) is 26.4 Å². The summed E-state index contributed by atoms with van der Waals surface area (Å²) in [6.07, 6.45) is 0. The Bertz CT molecular complexity index is 832. The molecule has 2 rings (SSSR count). The molecule has 128 valence electrons. The van der Waals surface area contributed by atoms with Gasteiger partial charge in [0, 0.05) is 0 Å². The van der Waals surface area contributed by atoms with Crippen molar-refractivity contribution < 1.29 is 22.7 Å². The fourth-order valence-electron chi connectivity index (χ4n) is 1.83. The first kappa shape index (κ1) is 17.5. The molecular weight excluding hydrogens is 336 g/mol. The molecule has 1 aromatic heterocycles. The summed E-state index contributed by atoms with van der Waals surface area (Å²) in [6, 6.07) is 6.69. The second kappa shape index (κ2) is 7.13. The van der Waals surface area contributed by atoms with Crippen LogP contribution in [0.3, 0.4) is 0 Å². The van der Waals surface area contributed by atoms with Crippen LogP contribution in [0.4, 0.5) is 10.7 Å². The first-order valence-corrected chi connectivity index (χ1v) is 8.20. The lowest BCUT2D eigenvalue weighted by atomic mass is 10.2. The molecule has 0 bridgehead atoms. The Morgan fingerprint density at radius 2 is 1.67 bits per heavy atom. The fourth-order valence-corrected chi connectivity index (χ4v) is 2.99. The van der Waals surface area contributed by atoms with Gasteiger partial charge >= 0.3 is 6.03 Å². The second-order valence-electron chi connectivity index (χ2n) is 4.60. The van der Waals surface area contributed by atoms with Gasteiger partial charge in [-0.1, -0.05) is 18.2 Å². The van der Waals surface area contributed by atoms with E-state index in [-0.39, 0.29) is 22.6 Å². The van der Waals surface area contributed by atoms with Gasteiger partial charge in [-0.2, -0.15) is 9.97 Å². The lowest BCUT2D eigenvalue weighted by molar-refractivity contribution is 0.256. The zero-order valence-electron chi connectivity index (χ0n) is 13.2. The Morgan fingerprint density at radius 3 is 2.21 bits per heavy atom. The van der Waals surface area contributed by atoms with E-state index < -0.39 is 16.1 Å². The number of carbonyl (C=O) groups excluding carboxylic acids is 1. The van der Waals surface area contributed by atoms with Gasteiger partial charge in [-0.3, -0.25) is 5.32 Å². The molecule has 1 heterocycles. The lowest BCUT2D eigenvalue weighted by Crippen LogP contribution is -2.35. The summed E-state index contributed by atoms with van der Waals surface area (Å²) in [4.78, 5) is 19.7. The van der Waals surface area contributed by atoms with Gasteiger partial charge in [-0.25, -0.2) is 17.9 Å². The summed E-state index contributed by atoms with van der Waals surface area (Å²) < 4.78 is 36.3. The molecule has 1 aromatic carbocycles. The molecule has 10 heteroatoms. The van der Waals surface area contributed by atoms with Gasteiger partial charge in [0.2, 0.25) is 17.7 Å². The van der Waals surface area contributed by atoms with E-state index in [4.69, 9.17) is 9.47 Å². The Morgan fingerprint density at radius 1 is 1.08 bits per heavy atom. The van der Waals surface area contributed by atoms with Crippen molar-refractivity contribution in [2.24, 2.45) is 0 Å². The highest BCUT2D eigenvalue weighted by Gasteiger charge is 2.20. The van der Waals surface area contributed by atoms with Crippen molar-refractivity contribution in [2.75, 3.05) is 19.5 Å². The summed E-state index contributed by atoms with van der Waals surface area (Å²) in [5.74, 6) is 0.140. The van der Waals surface area contributed by atoms with Crippen molar-refractivity contribution in [3.8, 4) is 11.8 Å². The van der Waals surface area contributed by atoms with Gasteiger partial charge in [-0.05, 0) is 18.6 Å². The van der Waals surface area contributed by atoms with E-state index in [0.29, 0.717) is 5.56 Å². The van der Waals surface area contributed by atoms with Crippen molar-refractivity contribution >= 4 is 22.0 Å². The number of nitrogens with one attached hydrogen (secondary N) is 2. The number of amides is 2. The van der Waals surface area contributed by atoms with Crippen molar-refractivity contribution in [1.82, 2.24) is 14.7 Å². The van der Waals surface area contributed by atoms with Crippen LogP contribution in [0.25, 0.3) is 0 Å². The van der Waals surface area contributed by atoms with Crippen LogP contribution < -0.4 is 19.5 Å². The van der Waals surface area contributed by atoms with Gasteiger partial charge < -0.3 is 9.47 Å². The van der Waals surface area contributed by atoms with E-state index in [2.05, 4.69) is 15.3 Å². The van der Waals surface area contributed by atoms with Crippen LogP contribution in [-0.2, 0) is 10.0 Å². The van der Waals surface area contributed by atoms with Gasteiger partial charge in [-0.15, -0.1) is 0 Å². The first-order valence-electron chi connectivity index (χ1n) is 6.72. The molecule has 0 atom stereocenters. The number of hydrogen-bond acceptors (Lipinski definition) is 7. The number of sulfonamides is 1. The Hall–Kier alpha value is -2.88. The molecule has 2 amide bonds. The van der Waals surface area contributed by atoms with Gasteiger partial charge in [0.15, 0.2) is 0 Å². The number of benzene rings is 1. The number of rotatable bonds is 5. The summed E-state index contributed by atoms with van der Waals surface area (Å²) in [5.41, 5.74) is 0.511. The minimum atomic E-state index is -4.02. The van der Waals surface area contributed by atoms with Crippen molar-refractivity contribution in [3.63, 3.8) is 0 Å². The van der Waals surface area contributed by atoms with Crippen molar-refractivity contribution in [2.45, 2.75) is 11.8 Å². The van der Waals surface area contributed by atoms with Gasteiger partial charge in [0.1, 0.15) is 0 Å². The standard InChI is InChI=1S/C14H16N4O5S/c1-9-6-4-5-7-10(9)24(20,21)18-14(19)17-13-15-11(22-2)8-12(16-13)23-3/h4-8H,1-3H3,(H2,15,16,17,18,19). The number of aryl methyl sites for hydroxylation is 1.